The van der Waals surface area contributed by atoms with E-state index in [1.54, 1.807) is 36.3 Å². The molecule has 1 spiro atoms. The number of nitrogens with one attached hydrogen (secondary N) is 1. The van der Waals surface area contributed by atoms with Crippen molar-refractivity contribution >= 4 is 22.5 Å². The van der Waals surface area contributed by atoms with Crippen molar-refractivity contribution in [2.45, 2.75) is 31.8 Å². The highest BCUT2D eigenvalue weighted by molar-refractivity contribution is 6.03. The van der Waals surface area contributed by atoms with E-state index in [4.69, 9.17) is 14.2 Å². The maximum absolute atomic E-state index is 13.6. The van der Waals surface area contributed by atoms with Crippen LogP contribution in [-0.2, 0) is 0 Å². The van der Waals surface area contributed by atoms with E-state index in [1.807, 2.05) is 31.2 Å². The third-order valence-corrected chi connectivity index (χ3v) is 7.45. The fraction of sp³-hybridized carbons (Fsp3) is 0.310. The van der Waals surface area contributed by atoms with Gasteiger partial charge in [-0.05, 0) is 43.3 Å². The van der Waals surface area contributed by atoms with E-state index in [0.717, 1.165) is 10.8 Å². The number of fused-ring (bicyclic) bond motifs is 2. The minimum atomic E-state index is -0.673. The summed E-state index contributed by atoms with van der Waals surface area (Å²) in [5, 5.41) is 5.39. The van der Waals surface area contributed by atoms with E-state index in [2.05, 4.69) is 14.7 Å². The number of nitrogens with zero attached hydrogens (tertiary/aromatic N) is 2. The Morgan fingerprint density at radius 1 is 1.08 bits per heavy atom. The number of ether oxygens (including phenoxy) is 3. The van der Waals surface area contributed by atoms with Gasteiger partial charge in [0, 0.05) is 47.8 Å². The molecule has 6 rings (SSSR count). The number of hydrogen-bond acceptors (Lipinski definition) is 8. The SMILES string of the molecule is CCOc1cc(C(=O)N2CCC3(CC2)CC(=O)c2cc(-c4noc(=O)[nH]4)ccc2O3)cc2c(OC)cccc12. The smallest absolute Gasteiger partial charge is 0.439 e. The summed E-state index contributed by atoms with van der Waals surface area (Å²) in [6, 6.07) is 14.4. The maximum atomic E-state index is 13.6. The van der Waals surface area contributed by atoms with Crippen LogP contribution in [0.3, 0.4) is 0 Å². The molecule has 1 fully saturated rings. The van der Waals surface area contributed by atoms with E-state index in [1.165, 1.54) is 0 Å². The van der Waals surface area contributed by atoms with Gasteiger partial charge >= 0.3 is 5.76 Å². The van der Waals surface area contributed by atoms with Crippen LogP contribution >= 0.6 is 0 Å². The summed E-state index contributed by atoms with van der Waals surface area (Å²) in [7, 11) is 1.60. The van der Waals surface area contributed by atoms with Crippen molar-refractivity contribution in [3.63, 3.8) is 0 Å². The van der Waals surface area contributed by atoms with E-state index >= 15 is 0 Å². The Kier molecular flexibility index (Phi) is 6.09. The average molecular weight is 530 g/mol. The van der Waals surface area contributed by atoms with Crippen LogP contribution in [0, 0.1) is 0 Å². The van der Waals surface area contributed by atoms with Crippen LogP contribution in [0.5, 0.6) is 17.2 Å². The summed E-state index contributed by atoms with van der Waals surface area (Å²) < 4.78 is 22.4. The number of likely N-dealkylation sites (tertiary alicyclic amines) is 1. The lowest BCUT2D eigenvalue weighted by Crippen LogP contribution is -2.52. The molecule has 2 aliphatic heterocycles. The number of H-pyrrole nitrogens is 1. The molecule has 0 radical (unpaired) electrons. The molecule has 200 valence electrons. The average Bonchev–Trinajstić information content (AvgIpc) is 3.39. The Bertz CT molecular complexity index is 1650. The number of benzene rings is 3. The summed E-state index contributed by atoms with van der Waals surface area (Å²) in [4.78, 5) is 42.3. The molecule has 3 aromatic carbocycles. The Morgan fingerprint density at radius 3 is 2.62 bits per heavy atom. The fourth-order valence-electron chi connectivity index (χ4n) is 5.47. The Balaban J connectivity index is 1.21. The highest BCUT2D eigenvalue weighted by Gasteiger charge is 2.44. The zero-order chi connectivity index (χ0) is 27.1. The molecule has 39 heavy (non-hydrogen) atoms. The number of aromatic amines is 1. The van der Waals surface area contributed by atoms with Gasteiger partial charge in [0.15, 0.2) is 11.6 Å². The maximum Gasteiger partial charge on any atom is 0.439 e. The minimum Gasteiger partial charge on any atom is -0.496 e. The van der Waals surface area contributed by atoms with Gasteiger partial charge in [-0.1, -0.05) is 17.3 Å². The van der Waals surface area contributed by atoms with Gasteiger partial charge in [-0.3, -0.25) is 19.1 Å². The molecule has 1 aromatic heterocycles. The van der Waals surface area contributed by atoms with Crippen molar-refractivity contribution in [3.8, 4) is 28.6 Å². The summed E-state index contributed by atoms with van der Waals surface area (Å²) in [6.07, 6.45) is 1.26. The van der Waals surface area contributed by atoms with Gasteiger partial charge in [0.25, 0.3) is 5.91 Å². The predicted octanol–water partition coefficient (Wildman–Crippen LogP) is 4.23. The normalized spacial score (nSPS) is 16.2. The van der Waals surface area contributed by atoms with Gasteiger partial charge in [0.2, 0.25) is 0 Å². The first-order chi connectivity index (χ1) is 18.9. The van der Waals surface area contributed by atoms with Crippen molar-refractivity contribution in [1.29, 1.82) is 0 Å². The molecule has 1 saturated heterocycles. The van der Waals surface area contributed by atoms with Gasteiger partial charge in [0.1, 0.15) is 22.8 Å². The lowest BCUT2D eigenvalue weighted by molar-refractivity contribution is -0.00570. The second kappa shape index (κ2) is 9.61. The van der Waals surface area contributed by atoms with Gasteiger partial charge in [-0.25, -0.2) is 4.79 Å². The lowest BCUT2D eigenvalue weighted by atomic mass is 9.82. The highest BCUT2D eigenvalue weighted by Crippen LogP contribution is 2.41. The molecule has 0 bridgehead atoms. The number of methoxy groups -OCH3 is 1. The van der Waals surface area contributed by atoms with E-state index in [0.29, 0.717) is 66.5 Å². The second-order valence-electron chi connectivity index (χ2n) is 9.79. The van der Waals surface area contributed by atoms with Crippen molar-refractivity contribution in [3.05, 3.63) is 70.2 Å². The van der Waals surface area contributed by atoms with Crippen LogP contribution in [0.2, 0.25) is 0 Å². The molecule has 1 N–H and O–H groups in total. The molecule has 4 aromatic rings. The Morgan fingerprint density at radius 2 is 1.90 bits per heavy atom. The Labute approximate surface area is 223 Å². The number of piperidine rings is 1. The molecule has 0 aliphatic carbocycles. The first kappa shape index (κ1) is 24.7. The Hall–Kier alpha value is -4.60. The standard InChI is InChI=1S/C29H27N3O7/c1-3-37-25-15-18(14-20-19(25)5-4-6-23(20)36-2)27(34)32-11-9-29(10-12-32)16-22(33)21-13-17(7-8-24(21)38-29)26-30-28(35)39-31-26/h4-8,13-15H,3,9-12,16H2,1-2H3,(H,30,31,35). The van der Waals surface area contributed by atoms with Crippen LogP contribution in [0.25, 0.3) is 22.2 Å². The van der Waals surface area contributed by atoms with Crippen molar-refractivity contribution in [2.24, 2.45) is 0 Å². The van der Waals surface area contributed by atoms with Crippen LogP contribution in [0.1, 0.15) is 46.9 Å². The number of aromatic nitrogens is 2. The zero-order valence-electron chi connectivity index (χ0n) is 21.6. The topological polar surface area (TPSA) is 124 Å². The number of ketones is 1. The first-order valence-electron chi connectivity index (χ1n) is 12.9. The molecule has 1 amide bonds. The minimum absolute atomic E-state index is 0.0494. The molecule has 10 nitrogen and oxygen atoms in total. The zero-order valence-corrected chi connectivity index (χ0v) is 21.6. The van der Waals surface area contributed by atoms with Crippen LogP contribution < -0.4 is 20.0 Å². The van der Waals surface area contributed by atoms with Crippen LogP contribution in [0.4, 0.5) is 0 Å². The predicted molar refractivity (Wildman–Crippen MR) is 142 cm³/mol. The van der Waals surface area contributed by atoms with Crippen molar-refractivity contribution in [2.75, 3.05) is 26.8 Å². The molecule has 10 heteroatoms. The van der Waals surface area contributed by atoms with Crippen LogP contribution in [0.15, 0.2) is 57.8 Å². The number of amides is 1. The summed E-state index contributed by atoms with van der Waals surface area (Å²) in [5.41, 5.74) is 0.851. The van der Waals surface area contributed by atoms with E-state index < -0.39 is 11.4 Å². The third-order valence-electron chi connectivity index (χ3n) is 7.45. The highest BCUT2D eigenvalue weighted by atomic mass is 16.5. The summed E-state index contributed by atoms with van der Waals surface area (Å²) >= 11 is 0. The summed E-state index contributed by atoms with van der Waals surface area (Å²) in [5.74, 6) is 1.23. The van der Waals surface area contributed by atoms with E-state index in [9.17, 15) is 14.4 Å². The van der Waals surface area contributed by atoms with Gasteiger partial charge in [0.05, 0.1) is 25.7 Å². The number of hydrogen-bond donors (Lipinski definition) is 1. The monoisotopic (exact) mass is 529 g/mol. The first-order valence-corrected chi connectivity index (χ1v) is 12.9. The molecule has 3 heterocycles. The molecule has 0 saturated carbocycles. The second-order valence-corrected chi connectivity index (χ2v) is 9.79. The van der Waals surface area contributed by atoms with Gasteiger partial charge in [-0.15, -0.1) is 0 Å². The molecular formula is C29H27N3O7. The van der Waals surface area contributed by atoms with E-state index in [-0.39, 0.29) is 23.9 Å². The molecule has 2 aliphatic rings. The number of carbonyl (C=O) groups is 2. The van der Waals surface area contributed by atoms with Gasteiger partial charge < -0.3 is 19.1 Å². The quantitative estimate of drug-likeness (QED) is 0.407. The summed E-state index contributed by atoms with van der Waals surface area (Å²) in [6.45, 7) is 3.28. The van der Waals surface area contributed by atoms with Crippen LogP contribution in [-0.4, -0.2) is 59.1 Å². The van der Waals surface area contributed by atoms with Crippen molar-refractivity contribution in [1.82, 2.24) is 15.0 Å². The third kappa shape index (κ3) is 4.41. The number of rotatable bonds is 5. The largest absolute Gasteiger partial charge is 0.496 e. The number of carbonyl (C=O) groups excluding carboxylic acids is 2. The molecular weight excluding hydrogens is 502 g/mol. The molecule has 0 atom stereocenters. The van der Waals surface area contributed by atoms with Crippen molar-refractivity contribution < 1.29 is 28.3 Å². The number of Topliss-reactive ketones (excluding diaryl/α,β-unsaturated/α-hetero) is 1. The van der Waals surface area contributed by atoms with Gasteiger partial charge in [-0.2, -0.15) is 0 Å². The fourth-order valence-corrected chi connectivity index (χ4v) is 5.47. The molecule has 0 unspecified atom stereocenters. The lowest BCUT2D eigenvalue weighted by Gasteiger charge is -2.44.